The minimum atomic E-state index is -0.192. The van der Waals surface area contributed by atoms with Crippen molar-refractivity contribution in [3.63, 3.8) is 0 Å². The van der Waals surface area contributed by atoms with Crippen LogP contribution in [0.25, 0.3) is 0 Å². The van der Waals surface area contributed by atoms with Crippen LogP contribution in [0.3, 0.4) is 0 Å². The molecule has 2 aromatic rings. The van der Waals surface area contributed by atoms with Gasteiger partial charge >= 0.3 is 0 Å². The maximum atomic E-state index is 13.0. The normalized spacial score (nSPS) is 17.9. The van der Waals surface area contributed by atoms with Gasteiger partial charge in [-0.2, -0.15) is 0 Å². The summed E-state index contributed by atoms with van der Waals surface area (Å²) in [7, 11) is 1.68. The first-order valence-electron chi connectivity index (χ1n) is 6.41. The second-order valence-electron chi connectivity index (χ2n) is 4.80. The number of ether oxygens (including phenoxy) is 1. The number of benzene rings is 2. The maximum Gasteiger partial charge on any atom is 0.123 e. The first-order chi connectivity index (χ1) is 9.28. The van der Waals surface area contributed by atoms with Crippen LogP contribution in [0.5, 0.6) is 5.75 Å². The number of rotatable bonds is 2. The van der Waals surface area contributed by atoms with Crippen LogP contribution < -0.4 is 10.1 Å². The molecular formula is C16H16FNO. The second kappa shape index (κ2) is 5.02. The van der Waals surface area contributed by atoms with E-state index in [0.29, 0.717) is 0 Å². The molecule has 0 saturated carbocycles. The fourth-order valence-electron chi connectivity index (χ4n) is 2.66. The molecule has 0 spiro atoms. The van der Waals surface area contributed by atoms with Gasteiger partial charge in [0, 0.05) is 19.0 Å². The molecule has 1 aliphatic heterocycles. The molecule has 1 aliphatic rings. The Bertz CT molecular complexity index is 580. The average Bonchev–Trinajstić information content (AvgIpc) is 2.47. The number of halogens is 1. The average molecular weight is 257 g/mol. The van der Waals surface area contributed by atoms with E-state index < -0.39 is 0 Å². The number of hydrogen-bond acceptors (Lipinski definition) is 2. The van der Waals surface area contributed by atoms with Gasteiger partial charge < -0.3 is 10.1 Å². The third-order valence-corrected chi connectivity index (χ3v) is 3.66. The van der Waals surface area contributed by atoms with E-state index in [4.69, 9.17) is 4.74 Å². The van der Waals surface area contributed by atoms with Gasteiger partial charge in [0.2, 0.25) is 0 Å². The largest absolute Gasteiger partial charge is 0.497 e. The smallest absolute Gasteiger partial charge is 0.123 e. The third kappa shape index (κ3) is 2.34. The molecular weight excluding hydrogens is 241 g/mol. The minimum Gasteiger partial charge on any atom is -0.497 e. The highest BCUT2D eigenvalue weighted by Gasteiger charge is 2.21. The van der Waals surface area contributed by atoms with Gasteiger partial charge in [-0.15, -0.1) is 0 Å². The standard InChI is InChI=1S/C16H16FNO/c1-19-14-6-7-15-12(8-14)9-18-10-16(15)11-2-4-13(17)5-3-11/h2-8,16,18H,9-10H2,1H3. The number of nitrogens with one attached hydrogen (secondary N) is 1. The van der Waals surface area contributed by atoms with E-state index in [0.717, 1.165) is 24.4 Å². The van der Waals surface area contributed by atoms with Crippen molar-refractivity contribution >= 4 is 0 Å². The monoisotopic (exact) mass is 257 g/mol. The summed E-state index contributed by atoms with van der Waals surface area (Å²) in [6.45, 7) is 1.73. The van der Waals surface area contributed by atoms with Crippen LogP contribution in [0, 0.1) is 5.82 Å². The molecule has 1 unspecified atom stereocenters. The highest BCUT2D eigenvalue weighted by molar-refractivity contribution is 5.44. The molecule has 3 rings (SSSR count). The van der Waals surface area contributed by atoms with Crippen molar-refractivity contribution in [3.8, 4) is 5.75 Å². The van der Waals surface area contributed by atoms with Crippen LogP contribution in [-0.2, 0) is 6.54 Å². The van der Waals surface area contributed by atoms with E-state index in [2.05, 4.69) is 17.4 Å². The molecule has 0 aromatic heterocycles. The summed E-state index contributed by atoms with van der Waals surface area (Å²) >= 11 is 0. The van der Waals surface area contributed by atoms with Crippen LogP contribution in [0.1, 0.15) is 22.6 Å². The summed E-state index contributed by atoms with van der Waals surface area (Å²) in [6, 6.07) is 12.9. The van der Waals surface area contributed by atoms with Crippen molar-refractivity contribution in [2.24, 2.45) is 0 Å². The summed E-state index contributed by atoms with van der Waals surface area (Å²) in [5, 5.41) is 3.41. The fourth-order valence-corrected chi connectivity index (χ4v) is 2.66. The molecule has 0 bridgehead atoms. The highest BCUT2D eigenvalue weighted by atomic mass is 19.1. The predicted octanol–water partition coefficient (Wildman–Crippen LogP) is 3.07. The molecule has 2 aromatic carbocycles. The molecule has 1 atom stereocenters. The van der Waals surface area contributed by atoms with Gasteiger partial charge in [-0.05, 0) is 41.0 Å². The number of fused-ring (bicyclic) bond motifs is 1. The zero-order chi connectivity index (χ0) is 13.2. The summed E-state index contributed by atoms with van der Waals surface area (Å²) in [6.07, 6.45) is 0. The predicted molar refractivity (Wildman–Crippen MR) is 72.9 cm³/mol. The van der Waals surface area contributed by atoms with Crippen molar-refractivity contribution in [3.05, 3.63) is 65.0 Å². The lowest BCUT2D eigenvalue weighted by Gasteiger charge is -2.27. The molecule has 0 radical (unpaired) electrons. The van der Waals surface area contributed by atoms with Crippen LogP contribution in [0.4, 0.5) is 4.39 Å². The molecule has 98 valence electrons. The van der Waals surface area contributed by atoms with Crippen LogP contribution in [0.2, 0.25) is 0 Å². The van der Waals surface area contributed by atoms with Crippen LogP contribution in [0.15, 0.2) is 42.5 Å². The Morgan fingerprint density at radius 3 is 2.68 bits per heavy atom. The Morgan fingerprint density at radius 2 is 1.95 bits per heavy atom. The molecule has 0 saturated heterocycles. The quantitative estimate of drug-likeness (QED) is 0.892. The highest BCUT2D eigenvalue weighted by Crippen LogP contribution is 2.32. The molecule has 0 amide bonds. The van der Waals surface area contributed by atoms with Crippen LogP contribution >= 0.6 is 0 Å². The van der Waals surface area contributed by atoms with E-state index in [1.807, 2.05) is 18.2 Å². The SMILES string of the molecule is COc1ccc2c(c1)CNCC2c1ccc(F)cc1. The zero-order valence-electron chi connectivity index (χ0n) is 10.8. The van der Waals surface area contributed by atoms with Crippen molar-refractivity contribution in [2.75, 3.05) is 13.7 Å². The Kier molecular flexibility index (Phi) is 3.22. The van der Waals surface area contributed by atoms with Crippen LogP contribution in [-0.4, -0.2) is 13.7 Å². The van der Waals surface area contributed by atoms with E-state index in [1.165, 1.54) is 23.3 Å². The Morgan fingerprint density at radius 1 is 1.16 bits per heavy atom. The van der Waals surface area contributed by atoms with E-state index in [-0.39, 0.29) is 11.7 Å². The van der Waals surface area contributed by atoms with Gasteiger partial charge in [0.15, 0.2) is 0 Å². The summed E-state index contributed by atoms with van der Waals surface area (Å²) in [5.41, 5.74) is 3.69. The van der Waals surface area contributed by atoms with Gasteiger partial charge in [-0.3, -0.25) is 0 Å². The van der Waals surface area contributed by atoms with Crippen molar-refractivity contribution in [1.82, 2.24) is 5.32 Å². The van der Waals surface area contributed by atoms with E-state index >= 15 is 0 Å². The van der Waals surface area contributed by atoms with Gasteiger partial charge in [-0.25, -0.2) is 4.39 Å². The maximum absolute atomic E-state index is 13.0. The Labute approximate surface area is 112 Å². The fraction of sp³-hybridized carbons (Fsp3) is 0.250. The summed E-state index contributed by atoms with van der Waals surface area (Å²) in [4.78, 5) is 0. The van der Waals surface area contributed by atoms with E-state index in [9.17, 15) is 4.39 Å². The van der Waals surface area contributed by atoms with Crippen molar-refractivity contribution in [1.29, 1.82) is 0 Å². The summed E-state index contributed by atoms with van der Waals surface area (Å²) in [5.74, 6) is 0.957. The summed E-state index contributed by atoms with van der Waals surface area (Å²) < 4.78 is 18.3. The molecule has 0 fully saturated rings. The molecule has 3 heteroatoms. The van der Waals surface area contributed by atoms with Crippen molar-refractivity contribution in [2.45, 2.75) is 12.5 Å². The third-order valence-electron chi connectivity index (χ3n) is 3.66. The first kappa shape index (κ1) is 12.2. The lowest BCUT2D eigenvalue weighted by Crippen LogP contribution is -2.28. The minimum absolute atomic E-state index is 0.192. The number of hydrogen-bond donors (Lipinski definition) is 1. The lowest BCUT2D eigenvalue weighted by atomic mass is 9.85. The topological polar surface area (TPSA) is 21.3 Å². The number of methoxy groups -OCH3 is 1. The molecule has 1 N–H and O–H groups in total. The Hall–Kier alpha value is -1.87. The molecule has 1 heterocycles. The second-order valence-corrected chi connectivity index (χ2v) is 4.80. The first-order valence-corrected chi connectivity index (χ1v) is 6.41. The molecule has 2 nitrogen and oxygen atoms in total. The Balaban J connectivity index is 2.00. The molecule has 0 aliphatic carbocycles. The molecule has 19 heavy (non-hydrogen) atoms. The van der Waals surface area contributed by atoms with E-state index in [1.54, 1.807) is 7.11 Å². The van der Waals surface area contributed by atoms with Gasteiger partial charge in [0.25, 0.3) is 0 Å². The van der Waals surface area contributed by atoms with Gasteiger partial charge in [0.1, 0.15) is 11.6 Å². The van der Waals surface area contributed by atoms with Gasteiger partial charge in [-0.1, -0.05) is 18.2 Å². The lowest BCUT2D eigenvalue weighted by molar-refractivity contribution is 0.413. The zero-order valence-corrected chi connectivity index (χ0v) is 10.8. The van der Waals surface area contributed by atoms with Crippen molar-refractivity contribution < 1.29 is 9.13 Å². The van der Waals surface area contributed by atoms with Gasteiger partial charge in [0.05, 0.1) is 7.11 Å².